The van der Waals surface area contributed by atoms with E-state index in [2.05, 4.69) is 9.59 Å². The minimum absolute atomic E-state index is 0.0461. The van der Waals surface area contributed by atoms with E-state index in [1.165, 1.54) is 6.07 Å². The quantitative estimate of drug-likeness (QED) is 0.921. The fraction of sp³-hybridized carbons (Fsp3) is 0.200. The molecule has 1 unspecified atom stereocenters. The summed E-state index contributed by atoms with van der Waals surface area (Å²) in [5.74, 6) is -0.484. The van der Waals surface area contributed by atoms with Gasteiger partial charge in [0, 0.05) is 11.8 Å². The van der Waals surface area contributed by atoms with Gasteiger partial charge in [0.15, 0.2) is 0 Å². The van der Waals surface area contributed by atoms with Crippen LogP contribution in [-0.2, 0) is 6.42 Å². The molecule has 0 spiro atoms. The van der Waals surface area contributed by atoms with Crippen LogP contribution in [0, 0.1) is 5.82 Å². The molecule has 1 atom stereocenters. The van der Waals surface area contributed by atoms with E-state index < -0.39 is 11.9 Å². The van der Waals surface area contributed by atoms with Crippen LogP contribution in [0.2, 0.25) is 5.02 Å². The fourth-order valence-corrected chi connectivity index (χ4v) is 2.04. The summed E-state index contributed by atoms with van der Waals surface area (Å²) in [5, 5.41) is 15.2. The molecular weight excluding hydrogens is 251 g/mol. The topological polar surface area (TPSA) is 46.0 Å². The molecule has 3 nitrogen and oxygen atoms in total. The van der Waals surface area contributed by atoms with E-state index in [9.17, 15) is 9.50 Å². The van der Waals surface area contributed by atoms with Crippen molar-refractivity contribution < 1.29 is 9.50 Å². The summed E-state index contributed by atoms with van der Waals surface area (Å²) >= 11 is 6.94. The number of rotatable bonds is 3. The van der Waals surface area contributed by atoms with E-state index in [0.717, 1.165) is 11.5 Å². The molecule has 0 aliphatic rings. The molecule has 0 aliphatic carbocycles. The normalized spacial score (nSPS) is 12.7. The van der Waals surface area contributed by atoms with Crippen molar-refractivity contribution in [1.82, 2.24) is 9.59 Å². The monoisotopic (exact) mass is 258 g/mol. The molecule has 0 radical (unpaired) electrons. The second-order valence-corrected chi connectivity index (χ2v) is 4.25. The summed E-state index contributed by atoms with van der Waals surface area (Å²) in [6, 6.07) is 4.51. The van der Waals surface area contributed by atoms with Crippen molar-refractivity contribution in [3.63, 3.8) is 0 Å². The molecule has 16 heavy (non-hydrogen) atoms. The Balaban J connectivity index is 2.18. The molecule has 0 saturated carbocycles. The van der Waals surface area contributed by atoms with Gasteiger partial charge in [0.1, 0.15) is 17.6 Å². The maximum Gasteiger partial charge on any atom is 0.142 e. The maximum atomic E-state index is 13.1. The van der Waals surface area contributed by atoms with Gasteiger partial charge in [-0.1, -0.05) is 28.2 Å². The van der Waals surface area contributed by atoms with E-state index >= 15 is 0 Å². The zero-order valence-electron chi connectivity index (χ0n) is 8.10. The predicted molar refractivity (Wildman–Crippen MR) is 60.0 cm³/mol. The second kappa shape index (κ2) is 4.86. The average molecular weight is 259 g/mol. The van der Waals surface area contributed by atoms with Crippen LogP contribution < -0.4 is 0 Å². The smallest absolute Gasteiger partial charge is 0.142 e. The van der Waals surface area contributed by atoms with E-state index in [1.807, 2.05) is 0 Å². The van der Waals surface area contributed by atoms with E-state index in [0.29, 0.717) is 11.3 Å². The lowest BCUT2D eigenvalue weighted by Gasteiger charge is -2.09. The van der Waals surface area contributed by atoms with Crippen LogP contribution in [0.1, 0.15) is 17.4 Å². The molecule has 0 amide bonds. The van der Waals surface area contributed by atoms with Crippen LogP contribution in [0.4, 0.5) is 4.39 Å². The second-order valence-electron chi connectivity index (χ2n) is 3.26. The highest BCUT2D eigenvalue weighted by Crippen LogP contribution is 2.24. The number of aromatic nitrogens is 2. The summed E-state index contributed by atoms with van der Waals surface area (Å²) in [6.45, 7) is 0. The minimum Gasteiger partial charge on any atom is -0.386 e. The molecule has 1 N–H and O–H groups in total. The molecule has 1 heterocycles. The lowest BCUT2D eigenvalue weighted by molar-refractivity contribution is 0.173. The van der Waals surface area contributed by atoms with Gasteiger partial charge in [0.25, 0.3) is 0 Å². The van der Waals surface area contributed by atoms with Crippen LogP contribution in [0.15, 0.2) is 23.6 Å². The summed E-state index contributed by atoms with van der Waals surface area (Å²) in [4.78, 5) is 0. The van der Waals surface area contributed by atoms with Crippen molar-refractivity contribution in [2.45, 2.75) is 12.5 Å². The molecule has 2 rings (SSSR count). The Bertz CT molecular complexity index is 478. The predicted octanol–water partition coefficient (Wildman–Crippen LogP) is 2.61. The number of hydrogen-bond donors (Lipinski definition) is 1. The van der Waals surface area contributed by atoms with E-state index in [4.69, 9.17) is 11.6 Å². The van der Waals surface area contributed by atoms with E-state index in [-0.39, 0.29) is 11.4 Å². The van der Waals surface area contributed by atoms with E-state index in [1.54, 1.807) is 17.5 Å². The minimum atomic E-state index is -0.807. The summed E-state index contributed by atoms with van der Waals surface area (Å²) in [6.07, 6.45) is -0.583. The zero-order chi connectivity index (χ0) is 11.5. The first-order valence-corrected chi connectivity index (χ1v) is 5.78. The molecule has 1 aromatic heterocycles. The molecule has 1 aromatic carbocycles. The number of nitrogens with zero attached hydrogens (tertiary/aromatic N) is 2. The number of hydrogen-bond acceptors (Lipinski definition) is 4. The molecule has 0 saturated heterocycles. The van der Waals surface area contributed by atoms with Gasteiger partial charge in [-0.05, 0) is 23.2 Å². The van der Waals surface area contributed by atoms with Crippen molar-refractivity contribution in [2.75, 3.05) is 0 Å². The highest BCUT2D eigenvalue weighted by molar-refractivity contribution is 7.03. The standard InChI is InChI=1S/C10H8ClFN2OS/c11-10-6(2-1-3-7(10)12)4-9(15)8-5-16-14-13-8/h1-3,5,9,15H,4H2. The third-order valence-electron chi connectivity index (χ3n) is 2.16. The summed E-state index contributed by atoms with van der Waals surface area (Å²) < 4.78 is 16.8. The van der Waals surface area contributed by atoms with Crippen molar-refractivity contribution in [3.05, 3.63) is 45.7 Å². The molecule has 2 aromatic rings. The highest BCUT2D eigenvalue weighted by Gasteiger charge is 2.14. The number of aliphatic hydroxyl groups is 1. The third kappa shape index (κ3) is 2.37. The zero-order valence-corrected chi connectivity index (χ0v) is 9.67. The van der Waals surface area contributed by atoms with Crippen LogP contribution in [0.25, 0.3) is 0 Å². The van der Waals surface area contributed by atoms with Gasteiger partial charge in [-0.25, -0.2) is 4.39 Å². The van der Waals surface area contributed by atoms with Crippen LogP contribution in [-0.4, -0.2) is 14.7 Å². The lowest BCUT2D eigenvalue weighted by atomic mass is 10.1. The number of benzene rings is 1. The third-order valence-corrected chi connectivity index (χ3v) is 3.11. The molecule has 84 valence electrons. The van der Waals surface area contributed by atoms with Gasteiger partial charge < -0.3 is 5.11 Å². The van der Waals surface area contributed by atoms with Gasteiger partial charge in [0.05, 0.1) is 5.02 Å². The summed E-state index contributed by atoms with van der Waals surface area (Å²) in [7, 11) is 0. The maximum absolute atomic E-state index is 13.1. The fourth-order valence-electron chi connectivity index (χ4n) is 1.34. The molecular formula is C10H8ClFN2OS. The van der Waals surface area contributed by atoms with Crippen LogP contribution in [0.5, 0.6) is 0 Å². The average Bonchev–Trinajstić information content (AvgIpc) is 2.78. The lowest BCUT2D eigenvalue weighted by Crippen LogP contribution is -2.03. The molecule has 0 fully saturated rings. The van der Waals surface area contributed by atoms with Gasteiger partial charge >= 0.3 is 0 Å². The first-order chi connectivity index (χ1) is 7.68. The van der Waals surface area contributed by atoms with Gasteiger partial charge in [-0.3, -0.25) is 0 Å². The Morgan fingerprint density at radius 3 is 3.00 bits per heavy atom. The van der Waals surface area contributed by atoms with Gasteiger partial charge in [0.2, 0.25) is 0 Å². The Labute approximate surface area is 101 Å². The first-order valence-electron chi connectivity index (χ1n) is 4.56. The van der Waals surface area contributed by atoms with Crippen molar-refractivity contribution >= 4 is 23.1 Å². The number of aliphatic hydroxyl groups excluding tert-OH is 1. The largest absolute Gasteiger partial charge is 0.386 e. The Morgan fingerprint density at radius 2 is 2.31 bits per heavy atom. The highest BCUT2D eigenvalue weighted by atomic mass is 35.5. The van der Waals surface area contributed by atoms with Gasteiger partial charge in [-0.2, -0.15) is 0 Å². The molecule has 6 heteroatoms. The van der Waals surface area contributed by atoms with Crippen LogP contribution >= 0.6 is 23.1 Å². The van der Waals surface area contributed by atoms with Crippen molar-refractivity contribution in [3.8, 4) is 0 Å². The molecule has 0 aliphatic heterocycles. The summed E-state index contributed by atoms with van der Waals surface area (Å²) in [5.41, 5.74) is 1.03. The van der Waals surface area contributed by atoms with Crippen molar-refractivity contribution in [1.29, 1.82) is 0 Å². The Morgan fingerprint density at radius 1 is 1.50 bits per heavy atom. The van der Waals surface area contributed by atoms with Gasteiger partial charge in [-0.15, -0.1) is 5.10 Å². The Kier molecular flexibility index (Phi) is 3.48. The SMILES string of the molecule is OC(Cc1cccc(F)c1Cl)c1csnn1. The Hall–Kier alpha value is -1.04. The van der Waals surface area contributed by atoms with Crippen molar-refractivity contribution in [2.24, 2.45) is 0 Å². The first kappa shape index (κ1) is 11.4. The van der Waals surface area contributed by atoms with Crippen LogP contribution in [0.3, 0.4) is 0 Å². The molecule has 0 bridgehead atoms. The number of halogens is 2.